The fourth-order valence-electron chi connectivity index (χ4n) is 13.1. The van der Waals surface area contributed by atoms with Crippen LogP contribution in [0.2, 0.25) is 46.3 Å². The van der Waals surface area contributed by atoms with Gasteiger partial charge in [0.05, 0.1) is 94.7 Å². The van der Waals surface area contributed by atoms with Gasteiger partial charge in [-0.1, -0.05) is 97.9 Å². The van der Waals surface area contributed by atoms with Gasteiger partial charge in [0.25, 0.3) is 11.8 Å². The molecule has 2 amide bonds. The lowest BCUT2D eigenvalue weighted by atomic mass is 9.98. The number of likely N-dealkylation sites (tertiary alicyclic amines) is 2. The number of hydrogen-bond donors (Lipinski definition) is 3. The van der Waals surface area contributed by atoms with Crippen molar-refractivity contribution >= 4 is 112 Å². The van der Waals surface area contributed by atoms with Crippen LogP contribution in [-0.4, -0.2) is 166 Å². The Morgan fingerprint density at radius 1 is 0.604 bits per heavy atom. The fraction of sp³-hybridized carbons (Fsp3) is 0.583. The first-order valence-corrected chi connectivity index (χ1v) is 45.7. The number of carboxylic acid groups (broad SMARTS) is 1. The topological polar surface area (TPSA) is 327 Å². The molecule has 0 bridgehead atoms. The van der Waals surface area contributed by atoms with Crippen LogP contribution in [-0.2, 0) is 33.7 Å². The molecule has 11 rings (SSSR count). The molecule has 5 aliphatic rings. The monoisotopic (exact) mass is 1580 g/mol. The van der Waals surface area contributed by atoms with Gasteiger partial charge in [-0.15, -0.1) is 0 Å². The Bertz CT molecular complexity index is 4250. The van der Waals surface area contributed by atoms with Crippen molar-refractivity contribution in [2.75, 3.05) is 71.0 Å². The van der Waals surface area contributed by atoms with Crippen LogP contribution < -0.4 is 19.2 Å². The van der Waals surface area contributed by atoms with E-state index in [0.717, 1.165) is 72.8 Å². The first-order valence-electron chi connectivity index (χ1n) is 35.3. The normalized spacial score (nSPS) is 21.6. The van der Waals surface area contributed by atoms with Crippen LogP contribution in [0.25, 0.3) is 11.3 Å². The summed E-state index contributed by atoms with van der Waals surface area (Å²) in [5.74, 6) is -0.289. The van der Waals surface area contributed by atoms with Gasteiger partial charge in [-0.25, -0.2) is 45.9 Å². The van der Waals surface area contributed by atoms with E-state index in [1.54, 1.807) is 31.0 Å². The second-order valence-corrected chi connectivity index (χ2v) is 45.1. The largest absolute Gasteiger partial charge is 0.490 e. The van der Waals surface area contributed by atoms with Crippen molar-refractivity contribution in [2.45, 2.75) is 194 Å². The van der Waals surface area contributed by atoms with Crippen LogP contribution in [0.1, 0.15) is 168 Å². The molecule has 1 saturated carbocycles. The zero-order valence-corrected chi connectivity index (χ0v) is 68.4. The fourth-order valence-corrected chi connectivity index (χ4v) is 17.3. The summed E-state index contributed by atoms with van der Waals surface area (Å²) in [6.45, 7) is 37.5. The summed E-state index contributed by atoms with van der Waals surface area (Å²) < 4.78 is 102. The molecular formula is C72H100Cl2F3N15O10S2Si2. The first kappa shape index (κ1) is 85.6. The number of piperidine rings is 2. The maximum absolute atomic E-state index is 13.9. The van der Waals surface area contributed by atoms with Crippen molar-refractivity contribution in [1.29, 1.82) is 15.8 Å². The molecular weight excluding hydrogens is 1480 g/mol. The minimum absolute atomic E-state index is 0.0362. The molecule has 106 heavy (non-hydrogen) atoms. The van der Waals surface area contributed by atoms with Crippen molar-refractivity contribution in [2.24, 2.45) is 23.7 Å². The number of carboxylic acids is 1. The number of nitriles is 3. The number of fused-ring (bicyclic) bond motifs is 2. The molecule has 0 radical (unpaired) electrons. The van der Waals surface area contributed by atoms with Crippen LogP contribution in [0.5, 0.6) is 0 Å². The van der Waals surface area contributed by atoms with E-state index in [1.807, 2.05) is 38.4 Å². The molecule has 8 atom stereocenters. The summed E-state index contributed by atoms with van der Waals surface area (Å²) in [6, 6.07) is 17.2. The number of aryl methyl sites for hydroxylation is 2. The quantitative estimate of drug-likeness (QED) is 0.0853. The highest BCUT2D eigenvalue weighted by atomic mass is 35.5. The van der Waals surface area contributed by atoms with Gasteiger partial charge in [0.1, 0.15) is 11.6 Å². The summed E-state index contributed by atoms with van der Waals surface area (Å²) in [7, 11) is -11.4. The Hall–Kier alpha value is -7.62. The zero-order valence-electron chi connectivity index (χ0n) is 63.2. The number of alkyl halides is 3. The van der Waals surface area contributed by atoms with Gasteiger partial charge >= 0.3 is 12.1 Å². The van der Waals surface area contributed by atoms with Crippen LogP contribution >= 0.6 is 23.2 Å². The van der Waals surface area contributed by atoms with Gasteiger partial charge in [0, 0.05) is 91.5 Å². The second-order valence-electron chi connectivity index (χ2n) is 31.2. The first-order chi connectivity index (χ1) is 49.2. The van der Waals surface area contributed by atoms with Gasteiger partial charge in [-0.3, -0.25) is 19.0 Å². The number of halogens is 5. The van der Waals surface area contributed by atoms with Crippen LogP contribution in [0, 0.1) is 72.0 Å². The van der Waals surface area contributed by atoms with E-state index in [0.29, 0.717) is 84.8 Å². The summed E-state index contributed by atoms with van der Waals surface area (Å²) in [6.07, 6.45) is 9.81. The predicted octanol–water partition coefficient (Wildman–Crippen LogP) is 14.8. The van der Waals surface area contributed by atoms with Crippen molar-refractivity contribution in [1.82, 2.24) is 39.0 Å². The second kappa shape index (κ2) is 34.3. The number of carbonyl (C=O) groups excluding carboxylic acids is 2. The minimum Gasteiger partial charge on any atom is -0.475 e. The highest BCUT2D eigenvalue weighted by Gasteiger charge is 2.47. The lowest BCUT2D eigenvalue weighted by Gasteiger charge is -2.38. The highest BCUT2D eigenvalue weighted by Crippen LogP contribution is 2.43. The zero-order chi connectivity index (χ0) is 79.1. The number of aromatic nitrogens is 6. The van der Waals surface area contributed by atoms with E-state index in [9.17, 15) is 50.1 Å². The number of hydrogen-bond acceptors (Lipinski definition) is 18. The molecule has 5 fully saturated rings. The number of carbonyl (C=O) groups is 3. The Labute approximate surface area is 633 Å². The predicted molar refractivity (Wildman–Crippen MR) is 410 cm³/mol. The third-order valence-electron chi connectivity index (χ3n) is 21.0. The summed E-state index contributed by atoms with van der Waals surface area (Å²) >= 11 is 12.5. The van der Waals surface area contributed by atoms with Gasteiger partial charge in [0.2, 0.25) is 20.0 Å². The third kappa shape index (κ3) is 21.4. The van der Waals surface area contributed by atoms with Crippen molar-refractivity contribution in [3.05, 3.63) is 105 Å². The number of nitrogens with zero attached hydrogens (tertiary/aromatic N) is 13. The summed E-state index contributed by atoms with van der Waals surface area (Å²) in [4.78, 5) is 54.5. The maximum atomic E-state index is 13.9. The minimum atomic E-state index is -5.08. The molecule has 0 spiro atoms. The van der Waals surface area contributed by atoms with E-state index < -0.39 is 48.8 Å². The average Bonchev–Trinajstić information content (AvgIpc) is 1.60. The standard InChI is InChI=1S/2C31H42ClN7O4SSi.C7H14.C2HF3O2.CHN/c2*1-20-17-39-28(34-29(20)37-18-21(16-33)27(19-37)43-45(6,7)31(2,3)4)15-25(35-39)26-10-8-9-13-38(26)30(40)23-14-22(32)11-12-24(23)36-44(5,41)42;1-6-4-3-5-7(6)2;3-2(4,5)1(6)7;1-2/h2*11-12,14-15,17,21,26-27,36H,8-10,13,18-19H2,1-7H3;6-7H,3-5H2,1-2H3;(H,6,7);1H/t21-,26+,27+;21-,26-,27+;6-,7+;;/m10.../s1. The Morgan fingerprint density at radius 3 is 1.25 bits per heavy atom. The highest BCUT2D eigenvalue weighted by molar-refractivity contribution is 7.92. The number of aliphatic carboxylic acids is 1. The molecule has 578 valence electrons. The Kier molecular flexibility index (Phi) is 27.7. The number of benzene rings is 2. The summed E-state index contributed by atoms with van der Waals surface area (Å²) in [5.41, 5.74) is 5.31. The van der Waals surface area contributed by atoms with Gasteiger partial charge in [0.15, 0.2) is 27.9 Å². The van der Waals surface area contributed by atoms with Gasteiger partial charge < -0.3 is 33.6 Å². The van der Waals surface area contributed by atoms with Gasteiger partial charge in [-0.05, 0) is 137 Å². The summed E-state index contributed by atoms with van der Waals surface area (Å²) in [5, 5.41) is 44.0. The smallest absolute Gasteiger partial charge is 0.475 e. The number of rotatable bonds is 14. The van der Waals surface area contributed by atoms with E-state index in [-0.39, 0.29) is 80.5 Å². The number of amides is 2. The number of anilines is 4. The molecule has 8 heterocycles. The number of sulfonamides is 2. The van der Waals surface area contributed by atoms with Crippen molar-refractivity contribution < 1.29 is 58.3 Å². The molecule has 6 aromatic rings. The molecule has 4 saturated heterocycles. The lowest BCUT2D eigenvalue weighted by molar-refractivity contribution is -0.192. The molecule has 34 heteroatoms. The van der Waals surface area contributed by atoms with Crippen LogP contribution in [0.4, 0.5) is 36.2 Å². The molecule has 25 nitrogen and oxygen atoms in total. The third-order valence-corrected chi connectivity index (χ3v) is 31.6. The van der Waals surface area contributed by atoms with E-state index in [2.05, 4.69) is 120 Å². The maximum Gasteiger partial charge on any atom is 0.490 e. The molecule has 0 unspecified atom stereocenters. The lowest BCUT2D eigenvalue weighted by Crippen LogP contribution is -2.45. The van der Waals surface area contributed by atoms with Crippen LogP contribution in [0.15, 0.2) is 60.9 Å². The molecule has 1 aliphatic carbocycles. The van der Waals surface area contributed by atoms with Crippen molar-refractivity contribution in [3.8, 4) is 18.7 Å². The van der Waals surface area contributed by atoms with E-state index in [4.69, 9.17) is 67.4 Å². The Balaban J connectivity index is 0.000000245. The van der Waals surface area contributed by atoms with Crippen molar-refractivity contribution in [3.63, 3.8) is 0 Å². The SMILES string of the molecule is C#N.C[C@@H]1CCC[C@@H]1C.Cc1cn2nc([C@@H]3CCCCN3C(=O)c3cc(Cl)ccc3NS(C)(=O)=O)cc2nc1N1C[C@@H](C#N)[C@@H](O[Si](C)(C)C(C)(C)C)C1.Cc1cn2nc([C@@H]3CCCCN3C(=O)c3cc(Cl)ccc3NS(C)(=O)=O)cc2nc1N1C[C@H](C#N)[C@H](O[Si](C)(C)C(C)(C)C)C1.O=C(O)C(F)(F)F. The molecule has 4 aromatic heterocycles. The number of nitrogens with one attached hydrogen (secondary N) is 2. The molecule has 4 aliphatic heterocycles. The Morgan fingerprint density at radius 2 is 0.953 bits per heavy atom. The van der Waals surface area contributed by atoms with Gasteiger partial charge in [-0.2, -0.15) is 33.9 Å². The molecule has 2 aromatic carbocycles. The van der Waals surface area contributed by atoms with E-state index >= 15 is 0 Å². The van der Waals surface area contributed by atoms with Crippen LogP contribution in [0.3, 0.4) is 0 Å². The van der Waals surface area contributed by atoms with E-state index in [1.165, 1.54) is 43.5 Å². The average molecular weight is 1580 g/mol. The molecule has 3 N–H and O–H groups in total.